The van der Waals surface area contributed by atoms with Crippen LogP contribution in [-0.2, 0) is 0 Å². The third kappa shape index (κ3) is 4.83. The van der Waals surface area contributed by atoms with Gasteiger partial charge in [0.05, 0.1) is 22.3 Å². The number of ether oxygens (including phenoxy) is 2. The van der Waals surface area contributed by atoms with Crippen molar-refractivity contribution in [1.29, 1.82) is 0 Å². The van der Waals surface area contributed by atoms with Gasteiger partial charge in [-0.3, -0.25) is 9.59 Å². The Labute approximate surface area is 222 Å². The van der Waals surface area contributed by atoms with Crippen molar-refractivity contribution in [2.75, 3.05) is 5.32 Å². The van der Waals surface area contributed by atoms with Crippen LogP contribution in [0.5, 0.6) is 11.5 Å². The summed E-state index contributed by atoms with van der Waals surface area (Å²) >= 11 is 6.38. The number of nitrogens with one attached hydrogen (secondary N) is 1. The van der Waals surface area contributed by atoms with Crippen LogP contribution in [0.2, 0.25) is 0 Å². The number of para-hydroxylation sites is 1. The number of hydrogen-bond acceptors (Lipinski definition) is 7. The second kappa shape index (κ2) is 10.5. The van der Waals surface area contributed by atoms with E-state index in [0.717, 1.165) is 0 Å². The lowest BCUT2D eigenvalue weighted by Crippen LogP contribution is -2.27. The van der Waals surface area contributed by atoms with E-state index in [4.69, 9.17) is 21.1 Å². The first-order valence-corrected chi connectivity index (χ1v) is 11.8. The van der Waals surface area contributed by atoms with Gasteiger partial charge in [-0.2, -0.15) is 0 Å². The SMILES string of the molecule is O=C(Oc1ccc(OC(=O)c2ccccc2)c2c1C(=O)C(Cl)=C(Nc1ccccc1)C2=O)c1ccccc1. The number of hydrogen-bond donors (Lipinski definition) is 1. The molecule has 8 heteroatoms. The predicted octanol–water partition coefficient (Wildman–Crippen LogP) is 6.07. The maximum atomic E-state index is 13.7. The van der Waals surface area contributed by atoms with Crippen LogP contribution in [0.3, 0.4) is 0 Å². The molecule has 0 amide bonds. The van der Waals surface area contributed by atoms with E-state index >= 15 is 0 Å². The standard InChI is InChI=1S/C30H18ClNO6/c31-25-26(32-20-14-8-3-9-15-20)28(34)24-22(38-30(36)19-12-6-2-7-13-19)17-16-21(23(24)27(25)33)37-29(35)18-10-4-1-5-11-18/h1-17,32H. The smallest absolute Gasteiger partial charge is 0.343 e. The largest absolute Gasteiger partial charge is 0.422 e. The van der Waals surface area contributed by atoms with E-state index in [2.05, 4.69) is 5.32 Å². The van der Waals surface area contributed by atoms with Crippen molar-refractivity contribution in [1.82, 2.24) is 0 Å². The Bertz CT molecular complexity index is 1600. The molecule has 0 spiro atoms. The van der Waals surface area contributed by atoms with Crippen LogP contribution in [0.4, 0.5) is 5.69 Å². The number of ketones is 2. The van der Waals surface area contributed by atoms with E-state index < -0.39 is 28.5 Å². The molecule has 0 aromatic heterocycles. The average molecular weight is 524 g/mol. The fraction of sp³-hybridized carbons (Fsp3) is 0. The fourth-order valence-corrected chi connectivity index (χ4v) is 4.10. The van der Waals surface area contributed by atoms with Crippen LogP contribution >= 0.6 is 11.6 Å². The topological polar surface area (TPSA) is 98.8 Å². The minimum atomic E-state index is -0.770. The summed E-state index contributed by atoms with van der Waals surface area (Å²) in [7, 11) is 0. The number of fused-ring (bicyclic) bond motifs is 1. The first-order valence-electron chi connectivity index (χ1n) is 11.5. The number of benzene rings is 4. The molecule has 1 N–H and O–H groups in total. The zero-order chi connectivity index (χ0) is 26.6. The van der Waals surface area contributed by atoms with Crippen LogP contribution in [0.1, 0.15) is 41.4 Å². The van der Waals surface area contributed by atoms with Gasteiger partial charge in [-0.15, -0.1) is 0 Å². The van der Waals surface area contributed by atoms with E-state index in [0.29, 0.717) is 5.69 Å². The van der Waals surface area contributed by atoms with Gasteiger partial charge in [-0.1, -0.05) is 66.2 Å². The molecule has 0 bridgehead atoms. The van der Waals surface area contributed by atoms with Gasteiger partial charge in [-0.05, 0) is 48.5 Å². The van der Waals surface area contributed by atoms with E-state index in [1.165, 1.54) is 12.1 Å². The van der Waals surface area contributed by atoms with Gasteiger partial charge in [-0.25, -0.2) is 9.59 Å². The summed E-state index contributed by atoms with van der Waals surface area (Å²) in [5.74, 6) is -3.32. The highest BCUT2D eigenvalue weighted by atomic mass is 35.5. The molecule has 1 aliphatic carbocycles. The van der Waals surface area contributed by atoms with Crippen molar-refractivity contribution in [3.8, 4) is 11.5 Å². The predicted molar refractivity (Wildman–Crippen MR) is 141 cm³/mol. The van der Waals surface area contributed by atoms with Gasteiger partial charge < -0.3 is 14.8 Å². The second-order valence-corrected chi connectivity index (χ2v) is 8.54. The highest BCUT2D eigenvalue weighted by Crippen LogP contribution is 2.40. The minimum Gasteiger partial charge on any atom is -0.422 e. The monoisotopic (exact) mass is 523 g/mol. The Kier molecular flexibility index (Phi) is 6.84. The van der Waals surface area contributed by atoms with E-state index in [1.807, 2.05) is 0 Å². The van der Waals surface area contributed by atoms with Crippen LogP contribution in [0, 0.1) is 0 Å². The van der Waals surface area contributed by atoms with Crippen LogP contribution in [0.25, 0.3) is 0 Å². The summed E-state index contributed by atoms with van der Waals surface area (Å²) in [6.45, 7) is 0. The van der Waals surface area contributed by atoms with Gasteiger partial charge in [0.25, 0.3) is 0 Å². The molecular formula is C30H18ClNO6. The average Bonchev–Trinajstić information content (AvgIpc) is 2.96. The molecule has 0 unspecified atom stereocenters. The van der Waals surface area contributed by atoms with Gasteiger partial charge in [0, 0.05) is 5.69 Å². The van der Waals surface area contributed by atoms with Crippen LogP contribution in [0.15, 0.2) is 114 Å². The van der Waals surface area contributed by atoms with Crippen molar-refractivity contribution >= 4 is 40.8 Å². The van der Waals surface area contributed by atoms with Crippen LogP contribution < -0.4 is 14.8 Å². The summed E-state index contributed by atoms with van der Waals surface area (Å²) < 4.78 is 11.1. The summed E-state index contributed by atoms with van der Waals surface area (Å²) in [6, 6.07) is 27.6. The number of allylic oxidation sites excluding steroid dienone is 2. The summed E-state index contributed by atoms with van der Waals surface area (Å²) in [5.41, 5.74) is 0.274. The lowest BCUT2D eigenvalue weighted by molar-refractivity contribution is 0.0713. The third-order valence-electron chi connectivity index (χ3n) is 5.70. The Balaban J connectivity index is 1.59. The number of carbonyl (C=O) groups is 4. The van der Waals surface area contributed by atoms with E-state index in [-0.39, 0.29) is 39.4 Å². The molecule has 1 aliphatic rings. The first kappa shape index (κ1) is 24.7. The van der Waals surface area contributed by atoms with Crippen molar-refractivity contribution in [3.63, 3.8) is 0 Å². The minimum absolute atomic E-state index is 0.178. The van der Waals surface area contributed by atoms with E-state index in [1.54, 1.807) is 91.0 Å². The highest BCUT2D eigenvalue weighted by Gasteiger charge is 2.38. The number of Topliss-reactive ketones (excluding diaryl/α,β-unsaturated/α-hetero) is 2. The summed E-state index contributed by atoms with van der Waals surface area (Å²) in [5, 5.41) is 2.49. The molecule has 0 saturated heterocycles. The Morgan fingerprint density at radius 2 is 1.00 bits per heavy atom. The zero-order valence-corrected chi connectivity index (χ0v) is 20.4. The molecule has 186 valence electrons. The van der Waals surface area contributed by atoms with E-state index in [9.17, 15) is 19.2 Å². The lowest BCUT2D eigenvalue weighted by atomic mass is 9.90. The molecule has 4 aromatic rings. The normalized spacial score (nSPS) is 12.6. The van der Waals surface area contributed by atoms with Crippen molar-refractivity contribution in [3.05, 3.63) is 136 Å². The maximum absolute atomic E-state index is 13.7. The Hall–Kier alpha value is -5.01. The van der Waals surface area contributed by atoms with Crippen molar-refractivity contribution in [2.45, 2.75) is 0 Å². The summed E-state index contributed by atoms with van der Waals surface area (Å²) in [4.78, 5) is 52.8. The molecule has 0 heterocycles. The third-order valence-corrected chi connectivity index (χ3v) is 6.06. The molecule has 5 rings (SSSR count). The quantitative estimate of drug-likeness (QED) is 0.242. The van der Waals surface area contributed by atoms with Crippen molar-refractivity contribution < 1.29 is 28.7 Å². The molecule has 4 aromatic carbocycles. The fourth-order valence-electron chi connectivity index (χ4n) is 3.88. The molecule has 0 aliphatic heterocycles. The number of esters is 2. The number of rotatable bonds is 6. The zero-order valence-electron chi connectivity index (χ0n) is 19.6. The van der Waals surface area contributed by atoms with Gasteiger partial charge >= 0.3 is 11.9 Å². The molecule has 0 fully saturated rings. The molecule has 0 radical (unpaired) electrons. The number of carbonyl (C=O) groups excluding carboxylic acids is 4. The lowest BCUT2D eigenvalue weighted by Gasteiger charge is -2.23. The van der Waals surface area contributed by atoms with Crippen molar-refractivity contribution in [2.24, 2.45) is 0 Å². The van der Waals surface area contributed by atoms with Gasteiger partial charge in [0.2, 0.25) is 11.6 Å². The van der Waals surface area contributed by atoms with Gasteiger partial charge in [0.1, 0.15) is 22.2 Å². The second-order valence-electron chi connectivity index (χ2n) is 8.16. The summed E-state index contributed by atoms with van der Waals surface area (Å²) in [6.07, 6.45) is 0. The Morgan fingerprint density at radius 3 is 1.47 bits per heavy atom. The first-order chi connectivity index (χ1) is 18.4. The molecule has 0 saturated carbocycles. The highest BCUT2D eigenvalue weighted by molar-refractivity contribution is 6.51. The molecule has 38 heavy (non-hydrogen) atoms. The molecule has 7 nitrogen and oxygen atoms in total. The van der Waals surface area contributed by atoms with Crippen LogP contribution in [-0.4, -0.2) is 23.5 Å². The van der Waals surface area contributed by atoms with Gasteiger partial charge in [0.15, 0.2) is 0 Å². The molecular weight excluding hydrogens is 506 g/mol. The number of halogens is 1. The molecule has 0 atom stereocenters. The number of anilines is 1. The maximum Gasteiger partial charge on any atom is 0.343 e. The Morgan fingerprint density at radius 1 is 0.579 bits per heavy atom.